The number of nitrogens with two attached hydrogens (primary N) is 2. The van der Waals surface area contributed by atoms with Crippen LogP contribution >= 0.6 is 22.7 Å². The first kappa shape index (κ1) is 14.9. The lowest BCUT2D eigenvalue weighted by atomic mass is 10.1. The monoisotopic (exact) mass is 350 g/mol. The van der Waals surface area contributed by atoms with Gasteiger partial charge in [-0.15, -0.1) is 0 Å². The van der Waals surface area contributed by atoms with Crippen LogP contribution in [0, 0.1) is 0 Å². The van der Waals surface area contributed by atoms with Crippen molar-refractivity contribution in [3.63, 3.8) is 0 Å². The molecule has 0 spiro atoms. The van der Waals surface area contributed by atoms with Crippen LogP contribution in [0.1, 0.15) is 0 Å². The number of rotatable bonds is 3. The van der Waals surface area contributed by atoms with E-state index in [2.05, 4.69) is 9.97 Å². The lowest BCUT2D eigenvalue weighted by Gasteiger charge is -2.03. The number of anilines is 2. The first-order valence-corrected chi connectivity index (χ1v) is 8.99. The van der Waals surface area contributed by atoms with Crippen LogP contribution in [-0.2, 0) is 0 Å². The topological polar surface area (TPSA) is 77.8 Å². The maximum atomic E-state index is 6.01. The number of aromatic nitrogens is 2. The van der Waals surface area contributed by atoms with Crippen LogP contribution in [0.15, 0.2) is 60.7 Å². The normalized spacial score (nSPS) is 10.8. The lowest BCUT2D eigenvalue weighted by molar-refractivity contribution is 1.40. The van der Waals surface area contributed by atoms with E-state index < -0.39 is 0 Å². The summed E-state index contributed by atoms with van der Waals surface area (Å²) >= 11 is 2.93. The molecule has 0 fully saturated rings. The molecule has 24 heavy (non-hydrogen) atoms. The third-order valence-corrected chi connectivity index (χ3v) is 5.52. The second kappa shape index (κ2) is 6.07. The summed E-state index contributed by atoms with van der Waals surface area (Å²) in [5, 5.41) is 1.07. The molecule has 0 radical (unpaired) electrons. The van der Waals surface area contributed by atoms with Crippen molar-refractivity contribution in [3.8, 4) is 32.3 Å². The Balaban J connectivity index is 1.93. The minimum Gasteiger partial charge on any atom is -0.375 e. The van der Waals surface area contributed by atoms with E-state index >= 15 is 0 Å². The van der Waals surface area contributed by atoms with Crippen LogP contribution < -0.4 is 11.5 Å². The number of nitrogen functional groups attached to an aromatic ring is 2. The molecule has 2 aromatic carbocycles. The summed E-state index contributed by atoms with van der Waals surface area (Å²) in [6.07, 6.45) is 0. The van der Waals surface area contributed by atoms with Crippen LogP contribution in [0.2, 0.25) is 0 Å². The van der Waals surface area contributed by atoms with E-state index in [4.69, 9.17) is 11.5 Å². The standard InChI is InChI=1S/C18H14N4S2/c19-17-21-13(11-7-3-1-4-8-11)15(23-17)16-14(22-18(20)24-16)12-9-5-2-6-10-12/h1-10H,(H2,19,21)(H2,20,22). The van der Waals surface area contributed by atoms with Gasteiger partial charge in [-0.05, 0) is 0 Å². The maximum absolute atomic E-state index is 6.01. The van der Waals surface area contributed by atoms with Crippen molar-refractivity contribution in [2.24, 2.45) is 0 Å². The van der Waals surface area contributed by atoms with Gasteiger partial charge in [0, 0.05) is 11.1 Å². The second-order valence-electron chi connectivity index (χ2n) is 5.19. The summed E-state index contributed by atoms with van der Waals surface area (Å²) in [6, 6.07) is 20.1. The van der Waals surface area contributed by atoms with Gasteiger partial charge in [-0.1, -0.05) is 83.3 Å². The smallest absolute Gasteiger partial charge is 0.181 e. The molecule has 0 aliphatic rings. The van der Waals surface area contributed by atoms with Gasteiger partial charge in [0.1, 0.15) is 0 Å². The van der Waals surface area contributed by atoms with Gasteiger partial charge in [-0.3, -0.25) is 0 Å². The predicted octanol–water partition coefficient (Wildman–Crippen LogP) is 4.77. The summed E-state index contributed by atoms with van der Waals surface area (Å²) in [7, 11) is 0. The predicted molar refractivity (Wildman–Crippen MR) is 103 cm³/mol. The number of nitrogens with zero attached hydrogens (tertiary/aromatic N) is 2. The molecule has 4 rings (SSSR count). The molecule has 6 heteroatoms. The molecule has 2 heterocycles. The first-order chi connectivity index (χ1) is 11.7. The van der Waals surface area contributed by atoms with E-state index in [9.17, 15) is 0 Å². The molecule has 0 amide bonds. The molecule has 0 atom stereocenters. The first-order valence-electron chi connectivity index (χ1n) is 7.36. The lowest BCUT2D eigenvalue weighted by Crippen LogP contribution is -1.85. The molecule has 0 bridgehead atoms. The average Bonchev–Trinajstić information content (AvgIpc) is 3.19. The zero-order valence-electron chi connectivity index (χ0n) is 12.6. The molecule has 118 valence electrons. The van der Waals surface area contributed by atoms with Gasteiger partial charge < -0.3 is 11.5 Å². The van der Waals surface area contributed by atoms with E-state index in [-0.39, 0.29) is 0 Å². The molecule has 0 unspecified atom stereocenters. The van der Waals surface area contributed by atoms with Crippen molar-refractivity contribution in [2.75, 3.05) is 11.5 Å². The molecular weight excluding hydrogens is 336 g/mol. The summed E-state index contributed by atoms with van der Waals surface area (Å²) < 4.78 is 0. The largest absolute Gasteiger partial charge is 0.375 e. The summed E-state index contributed by atoms with van der Waals surface area (Å²) in [5.74, 6) is 0. The number of hydrogen-bond acceptors (Lipinski definition) is 6. The number of thiazole rings is 2. The molecule has 0 aliphatic carbocycles. The van der Waals surface area contributed by atoms with Crippen LogP contribution in [0.4, 0.5) is 10.3 Å². The Morgan fingerprint density at radius 2 is 0.958 bits per heavy atom. The Kier molecular flexibility index (Phi) is 3.76. The fourth-order valence-electron chi connectivity index (χ4n) is 2.56. The SMILES string of the molecule is Nc1nc(-c2ccccc2)c(-c2sc(N)nc2-c2ccccc2)s1. The van der Waals surface area contributed by atoms with Crippen molar-refractivity contribution in [3.05, 3.63) is 60.7 Å². The molecule has 4 nitrogen and oxygen atoms in total. The van der Waals surface area contributed by atoms with Gasteiger partial charge in [0.2, 0.25) is 0 Å². The average molecular weight is 350 g/mol. The van der Waals surface area contributed by atoms with E-state index in [1.165, 1.54) is 22.7 Å². The fourth-order valence-corrected chi connectivity index (χ4v) is 4.41. The Labute approximate surface area is 147 Å². The van der Waals surface area contributed by atoms with Gasteiger partial charge in [0.15, 0.2) is 10.3 Å². The van der Waals surface area contributed by atoms with Crippen LogP contribution in [-0.4, -0.2) is 9.97 Å². The number of hydrogen-bond donors (Lipinski definition) is 2. The van der Waals surface area contributed by atoms with Crippen molar-refractivity contribution in [2.45, 2.75) is 0 Å². The summed E-state index contributed by atoms with van der Waals surface area (Å²) in [4.78, 5) is 11.1. The molecule has 4 aromatic rings. The molecular formula is C18H14N4S2. The van der Waals surface area contributed by atoms with E-state index in [0.717, 1.165) is 32.3 Å². The Hall–Kier alpha value is -2.70. The maximum Gasteiger partial charge on any atom is 0.181 e. The molecule has 2 aromatic heterocycles. The molecule has 4 N–H and O–H groups in total. The van der Waals surface area contributed by atoms with Gasteiger partial charge in [-0.2, -0.15) is 0 Å². The van der Waals surface area contributed by atoms with Crippen LogP contribution in [0.25, 0.3) is 32.3 Å². The van der Waals surface area contributed by atoms with Crippen molar-refractivity contribution >= 4 is 32.9 Å². The molecule has 0 saturated heterocycles. The quantitative estimate of drug-likeness (QED) is 0.558. The summed E-state index contributed by atoms with van der Waals surface area (Å²) in [6.45, 7) is 0. The highest BCUT2D eigenvalue weighted by molar-refractivity contribution is 7.26. The van der Waals surface area contributed by atoms with E-state index in [1.807, 2.05) is 60.7 Å². The van der Waals surface area contributed by atoms with E-state index in [0.29, 0.717) is 10.3 Å². The third kappa shape index (κ3) is 2.66. The zero-order chi connectivity index (χ0) is 16.5. The van der Waals surface area contributed by atoms with Crippen molar-refractivity contribution in [1.82, 2.24) is 9.97 Å². The van der Waals surface area contributed by atoms with Crippen molar-refractivity contribution < 1.29 is 0 Å². The van der Waals surface area contributed by atoms with Gasteiger partial charge in [0.05, 0.1) is 21.1 Å². The van der Waals surface area contributed by atoms with Gasteiger partial charge >= 0.3 is 0 Å². The minimum atomic E-state index is 0.537. The highest BCUT2D eigenvalue weighted by Gasteiger charge is 2.21. The zero-order valence-corrected chi connectivity index (χ0v) is 14.3. The minimum absolute atomic E-state index is 0.537. The second-order valence-corrected chi connectivity index (χ2v) is 7.25. The fraction of sp³-hybridized carbons (Fsp3) is 0. The Bertz CT molecular complexity index is 893. The molecule has 0 saturated carbocycles. The van der Waals surface area contributed by atoms with Crippen molar-refractivity contribution in [1.29, 1.82) is 0 Å². The third-order valence-electron chi connectivity index (χ3n) is 3.59. The van der Waals surface area contributed by atoms with Crippen LogP contribution in [0.3, 0.4) is 0 Å². The van der Waals surface area contributed by atoms with Gasteiger partial charge in [0.25, 0.3) is 0 Å². The Morgan fingerprint density at radius 1 is 0.583 bits per heavy atom. The van der Waals surface area contributed by atoms with Crippen LogP contribution in [0.5, 0.6) is 0 Å². The Morgan fingerprint density at radius 3 is 1.33 bits per heavy atom. The summed E-state index contributed by atoms with van der Waals surface area (Å²) in [5.41, 5.74) is 15.8. The highest BCUT2D eigenvalue weighted by Crippen LogP contribution is 2.45. The van der Waals surface area contributed by atoms with E-state index in [1.54, 1.807) is 0 Å². The van der Waals surface area contributed by atoms with Gasteiger partial charge in [-0.25, -0.2) is 9.97 Å². The highest BCUT2D eigenvalue weighted by atomic mass is 32.1. The molecule has 0 aliphatic heterocycles. The number of benzene rings is 2.